The summed E-state index contributed by atoms with van der Waals surface area (Å²) in [4.78, 5) is 21.2. The van der Waals surface area contributed by atoms with Gasteiger partial charge in [-0.1, -0.05) is 6.07 Å². The topological polar surface area (TPSA) is 59.8 Å². The normalized spacial score (nSPS) is 14.4. The zero-order valence-electron chi connectivity index (χ0n) is 14.4. The zero-order chi connectivity index (χ0) is 17.2. The van der Waals surface area contributed by atoms with E-state index in [2.05, 4.69) is 26.8 Å². The summed E-state index contributed by atoms with van der Waals surface area (Å²) in [5, 5.41) is 3.99. The first-order chi connectivity index (χ1) is 12.2. The largest absolute Gasteiger partial charge is 0.352 e. The smallest absolute Gasteiger partial charge is 0.251 e. The standard InChI is InChI=1S/C20H22N4O/c1-14-13-23-19(24(14)17-5-2-6-17)9-11-22-20(25)16-7-8-18-15(12-16)4-3-10-21-18/h3-4,7-8,10,12-13,17H,2,5-6,9,11H2,1H3,(H,22,25). The molecule has 2 heterocycles. The van der Waals surface area contributed by atoms with E-state index in [1.807, 2.05) is 36.5 Å². The second-order valence-electron chi connectivity index (χ2n) is 6.69. The Bertz CT molecular complexity index is 911. The fourth-order valence-electron chi connectivity index (χ4n) is 3.43. The van der Waals surface area contributed by atoms with E-state index in [4.69, 9.17) is 0 Å². The number of fused-ring (bicyclic) bond motifs is 1. The van der Waals surface area contributed by atoms with E-state index >= 15 is 0 Å². The van der Waals surface area contributed by atoms with Crippen molar-refractivity contribution in [1.82, 2.24) is 19.9 Å². The van der Waals surface area contributed by atoms with E-state index in [9.17, 15) is 4.79 Å². The molecule has 4 rings (SSSR count). The number of hydrogen-bond acceptors (Lipinski definition) is 3. The first kappa shape index (κ1) is 15.8. The van der Waals surface area contributed by atoms with Gasteiger partial charge in [-0.05, 0) is 50.5 Å². The van der Waals surface area contributed by atoms with Crippen LogP contribution in [0.3, 0.4) is 0 Å². The van der Waals surface area contributed by atoms with Crippen molar-refractivity contribution in [1.29, 1.82) is 0 Å². The van der Waals surface area contributed by atoms with Gasteiger partial charge in [0.25, 0.3) is 5.91 Å². The van der Waals surface area contributed by atoms with Crippen molar-refractivity contribution in [3.63, 3.8) is 0 Å². The van der Waals surface area contributed by atoms with E-state index in [1.165, 1.54) is 25.0 Å². The number of aryl methyl sites for hydroxylation is 1. The Hall–Kier alpha value is -2.69. The molecule has 1 amide bonds. The minimum atomic E-state index is -0.0516. The van der Waals surface area contributed by atoms with Crippen LogP contribution in [0.4, 0.5) is 0 Å². The van der Waals surface area contributed by atoms with Crippen LogP contribution in [0.15, 0.2) is 42.7 Å². The third-order valence-corrected chi connectivity index (χ3v) is 5.00. The lowest BCUT2D eigenvalue weighted by Crippen LogP contribution is -2.27. The van der Waals surface area contributed by atoms with Crippen LogP contribution >= 0.6 is 0 Å². The average molecular weight is 334 g/mol. The highest BCUT2D eigenvalue weighted by molar-refractivity contribution is 5.97. The SMILES string of the molecule is Cc1cnc(CCNC(=O)c2ccc3ncccc3c2)n1C1CCC1. The summed E-state index contributed by atoms with van der Waals surface area (Å²) in [7, 11) is 0. The van der Waals surface area contributed by atoms with E-state index in [0.717, 1.165) is 23.1 Å². The van der Waals surface area contributed by atoms with Crippen molar-refractivity contribution >= 4 is 16.8 Å². The predicted molar refractivity (Wildman–Crippen MR) is 97.6 cm³/mol. The maximum absolute atomic E-state index is 12.4. The minimum Gasteiger partial charge on any atom is -0.352 e. The van der Waals surface area contributed by atoms with Gasteiger partial charge in [-0.3, -0.25) is 9.78 Å². The number of aromatic nitrogens is 3. The summed E-state index contributed by atoms with van der Waals surface area (Å²) in [6, 6.07) is 10.0. The number of hydrogen-bond donors (Lipinski definition) is 1. The fourth-order valence-corrected chi connectivity index (χ4v) is 3.43. The number of rotatable bonds is 5. The number of nitrogens with one attached hydrogen (secondary N) is 1. The summed E-state index contributed by atoms with van der Waals surface area (Å²) < 4.78 is 2.34. The third kappa shape index (κ3) is 3.14. The van der Waals surface area contributed by atoms with Gasteiger partial charge in [-0.2, -0.15) is 0 Å². The van der Waals surface area contributed by atoms with Crippen LogP contribution in [0.25, 0.3) is 10.9 Å². The number of carbonyl (C=O) groups excluding carboxylic acids is 1. The summed E-state index contributed by atoms with van der Waals surface area (Å²) in [5.74, 6) is 1.02. The van der Waals surface area contributed by atoms with Gasteiger partial charge in [0.2, 0.25) is 0 Å². The molecule has 0 radical (unpaired) electrons. The molecule has 0 spiro atoms. The van der Waals surface area contributed by atoms with Gasteiger partial charge in [-0.25, -0.2) is 4.98 Å². The molecule has 1 aliphatic rings. The zero-order valence-corrected chi connectivity index (χ0v) is 14.4. The molecule has 1 N–H and O–H groups in total. The van der Waals surface area contributed by atoms with Crippen molar-refractivity contribution in [2.24, 2.45) is 0 Å². The second-order valence-corrected chi connectivity index (χ2v) is 6.69. The van der Waals surface area contributed by atoms with Crippen LogP contribution in [-0.4, -0.2) is 27.0 Å². The third-order valence-electron chi connectivity index (χ3n) is 5.00. The molecule has 3 aromatic rings. The molecule has 1 aliphatic carbocycles. The van der Waals surface area contributed by atoms with Crippen LogP contribution < -0.4 is 5.32 Å². The van der Waals surface area contributed by atoms with Gasteiger partial charge in [-0.15, -0.1) is 0 Å². The van der Waals surface area contributed by atoms with Gasteiger partial charge in [0.1, 0.15) is 5.82 Å². The average Bonchev–Trinajstić information content (AvgIpc) is 2.94. The van der Waals surface area contributed by atoms with Gasteiger partial charge in [0.15, 0.2) is 0 Å². The predicted octanol–water partition coefficient (Wildman–Crippen LogP) is 3.44. The maximum atomic E-state index is 12.4. The van der Waals surface area contributed by atoms with Crippen LogP contribution in [0.1, 0.15) is 47.2 Å². The van der Waals surface area contributed by atoms with E-state index in [1.54, 1.807) is 6.20 Å². The van der Waals surface area contributed by atoms with Gasteiger partial charge < -0.3 is 9.88 Å². The Balaban J connectivity index is 1.40. The first-order valence-electron chi connectivity index (χ1n) is 8.88. The highest BCUT2D eigenvalue weighted by atomic mass is 16.1. The van der Waals surface area contributed by atoms with Gasteiger partial charge in [0.05, 0.1) is 5.52 Å². The van der Waals surface area contributed by atoms with Gasteiger partial charge >= 0.3 is 0 Å². The molecule has 0 bridgehead atoms. The molecule has 128 valence electrons. The van der Waals surface area contributed by atoms with Crippen LogP contribution in [0.5, 0.6) is 0 Å². The molecular weight excluding hydrogens is 312 g/mol. The Morgan fingerprint density at radius 2 is 2.16 bits per heavy atom. The summed E-state index contributed by atoms with van der Waals surface area (Å²) in [5.41, 5.74) is 2.78. The Labute approximate surface area is 147 Å². The Morgan fingerprint density at radius 3 is 2.96 bits per heavy atom. The molecule has 5 heteroatoms. The molecule has 0 atom stereocenters. The number of pyridine rings is 1. The summed E-state index contributed by atoms with van der Waals surface area (Å²) in [6.45, 7) is 2.70. The number of benzene rings is 1. The lowest BCUT2D eigenvalue weighted by Gasteiger charge is -2.29. The fraction of sp³-hybridized carbons (Fsp3) is 0.350. The van der Waals surface area contributed by atoms with Crippen molar-refractivity contribution in [2.75, 3.05) is 6.54 Å². The molecule has 1 fully saturated rings. The molecule has 1 aromatic carbocycles. The first-order valence-corrected chi connectivity index (χ1v) is 8.88. The molecule has 5 nitrogen and oxygen atoms in total. The van der Waals surface area contributed by atoms with Crippen molar-refractivity contribution in [2.45, 2.75) is 38.6 Å². The van der Waals surface area contributed by atoms with Crippen molar-refractivity contribution in [3.05, 3.63) is 59.8 Å². The van der Waals surface area contributed by atoms with E-state index in [-0.39, 0.29) is 5.91 Å². The monoisotopic (exact) mass is 334 g/mol. The highest BCUT2D eigenvalue weighted by Gasteiger charge is 2.23. The Kier molecular flexibility index (Phi) is 4.22. The molecule has 1 saturated carbocycles. The van der Waals surface area contributed by atoms with E-state index < -0.39 is 0 Å². The maximum Gasteiger partial charge on any atom is 0.251 e. The summed E-state index contributed by atoms with van der Waals surface area (Å²) >= 11 is 0. The van der Waals surface area contributed by atoms with Crippen molar-refractivity contribution < 1.29 is 4.79 Å². The second kappa shape index (κ2) is 6.67. The molecule has 2 aromatic heterocycles. The highest BCUT2D eigenvalue weighted by Crippen LogP contribution is 2.33. The number of imidazole rings is 1. The molecular formula is C20H22N4O. The number of nitrogens with zero attached hydrogens (tertiary/aromatic N) is 3. The minimum absolute atomic E-state index is 0.0516. The van der Waals surface area contributed by atoms with Crippen LogP contribution in [0, 0.1) is 6.92 Å². The lowest BCUT2D eigenvalue weighted by molar-refractivity contribution is 0.0954. The van der Waals surface area contributed by atoms with Gasteiger partial charge in [0, 0.05) is 48.0 Å². The number of amides is 1. The quantitative estimate of drug-likeness (QED) is 0.777. The molecule has 0 unspecified atom stereocenters. The lowest BCUT2D eigenvalue weighted by atomic mass is 9.92. The van der Waals surface area contributed by atoms with Crippen LogP contribution in [-0.2, 0) is 6.42 Å². The van der Waals surface area contributed by atoms with Crippen molar-refractivity contribution in [3.8, 4) is 0 Å². The molecule has 25 heavy (non-hydrogen) atoms. The number of carbonyl (C=O) groups is 1. The summed E-state index contributed by atoms with van der Waals surface area (Å²) in [6.07, 6.45) is 8.23. The molecule has 0 aliphatic heterocycles. The molecule has 0 saturated heterocycles. The van der Waals surface area contributed by atoms with E-state index in [0.29, 0.717) is 18.2 Å². The van der Waals surface area contributed by atoms with Crippen LogP contribution in [0.2, 0.25) is 0 Å². The Morgan fingerprint density at radius 1 is 1.28 bits per heavy atom.